The second kappa shape index (κ2) is 4.83. The second-order valence-electron chi connectivity index (χ2n) is 3.37. The zero-order chi connectivity index (χ0) is 12.3. The fourth-order valence-electron chi connectivity index (χ4n) is 1.57. The fourth-order valence-corrected chi connectivity index (χ4v) is 1.57. The molecule has 5 heteroatoms. The van der Waals surface area contributed by atoms with E-state index in [1.165, 1.54) is 6.07 Å². The maximum atomic E-state index is 13.6. The average Bonchev–Trinajstić information content (AvgIpc) is 2.22. The van der Waals surface area contributed by atoms with Crippen LogP contribution in [0.3, 0.4) is 0 Å². The van der Waals surface area contributed by atoms with E-state index in [1.54, 1.807) is 4.90 Å². The summed E-state index contributed by atoms with van der Waals surface area (Å²) in [6.45, 7) is 4.96. The van der Waals surface area contributed by atoms with Crippen LogP contribution in [0.4, 0.5) is 15.8 Å². The molecule has 0 unspecified atom stereocenters. The van der Waals surface area contributed by atoms with Gasteiger partial charge in [0, 0.05) is 18.8 Å². The Bertz CT molecular complexity index is 403. The number of carbonyl (C=O) groups is 1. The van der Waals surface area contributed by atoms with Crippen molar-refractivity contribution in [2.24, 2.45) is 0 Å². The molecule has 1 rings (SSSR count). The first-order valence-corrected chi connectivity index (χ1v) is 5.08. The predicted octanol–water partition coefficient (Wildman–Crippen LogP) is 1.95. The summed E-state index contributed by atoms with van der Waals surface area (Å²) in [5, 5.41) is 8.89. The van der Waals surface area contributed by atoms with E-state index in [1.807, 2.05) is 13.8 Å². The minimum absolute atomic E-state index is 0.0547. The number of aromatic carboxylic acids is 1. The summed E-state index contributed by atoms with van der Waals surface area (Å²) in [6.07, 6.45) is 0. The molecule has 0 heterocycles. The first kappa shape index (κ1) is 12.3. The third kappa shape index (κ3) is 2.24. The van der Waals surface area contributed by atoms with Crippen LogP contribution in [0.15, 0.2) is 12.1 Å². The Kier molecular flexibility index (Phi) is 3.71. The largest absolute Gasteiger partial charge is 0.478 e. The molecule has 4 nitrogen and oxygen atoms in total. The van der Waals surface area contributed by atoms with E-state index >= 15 is 0 Å². The smallest absolute Gasteiger partial charge is 0.337 e. The molecule has 88 valence electrons. The van der Waals surface area contributed by atoms with E-state index in [2.05, 4.69) is 0 Å². The van der Waals surface area contributed by atoms with Crippen LogP contribution in [-0.4, -0.2) is 24.2 Å². The molecule has 0 bridgehead atoms. The van der Waals surface area contributed by atoms with Gasteiger partial charge < -0.3 is 15.7 Å². The molecule has 0 spiro atoms. The molecule has 0 saturated carbocycles. The minimum atomic E-state index is -1.15. The van der Waals surface area contributed by atoms with Crippen molar-refractivity contribution in [1.29, 1.82) is 0 Å². The molecule has 1 aromatic rings. The highest BCUT2D eigenvalue weighted by atomic mass is 19.1. The van der Waals surface area contributed by atoms with Gasteiger partial charge in [-0.2, -0.15) is 0 Å². The summed E-state index contributed by atoms with van der Waals surface area (Å²) in [5.74, 6) is -1.64. The number of halogens is 1. The standard InChI is InChI=1S/C11H15FN2O2/c1-3-14(4-2)10-5-7(11(15)16)9(13)6-8(10)12/h5-6H,3-4,13H2,1-2H3,(H,15,16). The van der Waals surface area contributed by atoms with E-state index in [0.29, 0.717) is 13.1 Å². The van der Waals surface area contributed by atoms with Gasteiger partial charge in [-0.15, -0.1) is 0 Å². The Morgan fingerprint density at radius 2 is 2.00 bits per heavy atom. The van der Waals surface area contributed by atoms with Crippen LogP contribution >= 0.6 is 0 Å². The summed E-state index contributed by atoms with van der Waals surface area (Å²) in [7, 11) is 0. The van der Waals surface area contributed by atoms with Gasteiger partial charge in [-0.05, 0) is 26.0 Å². The SMILES string of the molecule is CCN(CC)c1cc(C(=O)O)c(N)cc1F. The Balaban J connectivity index is 3.29. The number of rotatable bonds is 4. The van der Waals surface area contributed by atoms with Gasteiger partial charge in [0.15, 0.2) is 0 Å². The molecule has 16 heavy (non-hydrogen) atoms. The molecular weight excluding hydrogens is 211 g/mol. The maximum Gasteiger partial charge on any atom is 0.337 e. The topological polar surface area (TPSA) is 66.6 Å². The molecule has 1 aromatic carbocycles. The van der Waals surface area contributed by atoms with Gasteiger partial charge in [-0.3, -0.25) is 0 Å². The molecule has 0 aliphatic rings. The molecule has 0 fully saturated rings. The highest BCUT2D eigenvalue weighted by molar-refractivity contribution is 5.95. The first-order valence-electron chi connectivity index (χ1n) is 5.08. The van der Waals surface area contributed by atoms with E-state index in [0.717, 1.165) is 6.07 Å². The molecule has 0 radical (unpaired) electrons. The lowest BCUT2D eigenvalue weighted by molar-refractivity contribution is 0.0698. The van der Waals surface area contributed by atoms with E-state index in [4.69, 9.17) is 10.8 Å². The van der Waals surface area contributed by atoms with Crippen molar-refractivity contribution in [3.63, 3.8) is 0 Å². The number of carboxylic acid groups (broad SMARTS) is 1. The van der Waals surface area contributed by atoms with Crippen molar-refractivity contribution in [2.45, 2.75) is 13.8 Å². The van der Waals surface area contributed by atoms with Gasteiger partial charge in [0.2, 0.25) is 0 Å². The number of nitrogens with two attached hydrogens (primary N) is 1. The third-order valence-electron chi connectivity index (χ3n) is 2.45. The van der Waals surface area contributed by atoms with Crippen molar-refractivity contribution in [1.82, 2.24) is 0 Å². The lowest BCUT2D eigenvalue weighted by atomic mass is 10.1. The van der Waals surface area contributed by atoms with Crippen LogP contribution in [-0.2, 0) is 0 Å². The monoisotopic (exact) mass is 226 g/mol. The Morgan fingerprint density at radius 1 is 1.44 bits per heavy atom. The van der Waals surface area contributed by atoms with Crippen molar-refractivity contribution in [3.8, 4) is 0 Å². The zero-order valence-corrected chi connectivity index (χ0v) is 9.33. The number of hydrogen-bond donors (Lipinski definition) is 2. The number of hydrogen-bond acceptors (Lipinski definition) is 3. The molecule has 0 aliphatic carbocycles. The van der Waals surface area contributed by atoms with Crippen LogP contribution in [0.1, 0.15) is 24.2 Å². The molecule has 3 N–H and O–H groups in total. The summed E-state index contributed by atoms with van der Waals surface area (Å²) in [4.78, 5) is 12.6. The van der Waals surface area contributed by atoms with Crippen LogP contribution in [0.25, 0.3) is 0 Å². The van der Waals surface area contributed by atoms with Gasteiger partial charge >= 0.3 is 5.97 Å². The number of nitrogens with zero attached hydrogens (tertiary/aromatic N) is 1. The molecule has 0 aliphatic heterocycles. The van der Waals surface area contributed by atoms with Crippen molar-refractivity contribution < 1.29 is 14.3 Å². The summed E-state index contributed by atoms with van der Waals surface area (Å²) in [5.41, 5.74) is 5.59. The van der Waals surface area contributed by atoms with E-state index < -0.39 is 11.8 Å². The first-order chi connectivity index (χ1) is 7.51. The van der Waals surface area contributed by atoms with Gasteiger partial charge in [0.1, 0.15) is 5.82 Å². The Labute approximate surface area is 93.5 Å². The lowest BCUT2D eigenvalue weighted by Gasteiger charge is -2.22. The third-order valence-corrected chi connectivity index (χ3v) is 2.45. The number of benzene rings is 1. The fraction of sp³-hybridized carbons (Fsp3) is 0.364. The predicted molar refractivity (Wildman–Crippen MR) is 61.3 cm³/mol. The highest BCUT2D eigenvalue weighted by Gasteiger charge is 2.15. The van der Waals surface area contributed by atoms with Gasteiger partial charge in [0.05, 0.1) is 11.3 Å². The van der Waals surface area contributed by atoms with Crippen LogP contribution in [0, 0.1) is 5.82 Å². The van der Waals surface area contributed by atoms with Gasteiger partial charge in [0.25, 0.3) is 0 Å². The molecule has 0 amide bonds. The number of anilines is 2. The zero-order valence-electron chi connectivity index (χ0n) is 9.33. The van der Waals surface area contributed by atoms with Crippen molar-refractivity contribution >= 4 is 17.3 Å². The van der Waals surface area contributed by atoms with E-state index in [9.17, 15) is 9.18 Å². The number of nitrogen functional groups attached to an aromatic ring is 1. The summed E-state index contributed by atoms with van der Waals surface area (Å²) in [6, 6.07) is 2.33. The van der Waals surface area contributed by atoms with Gasteiger partial charge in [-0.1, -0.05) is 0 Å². The Morgan fingerprint density at radius 3 is 2.44 bits per heavy atom. The molecule has 0 aromatic heterocycles. The molecule has 0 atom stereocenters. The summed E-state index contributed by atoms with van der Waals surface area (Å²) >= 11 is 0. The van der Waals surface area contributed by atoms with Crippen LogP contribution in [0.2, 0.25) is 0 Å². The average molecular weight is 226 g/mol. The van der Waals surface area contributed by atoms with Crippen molar-refractivity contribution in [3.05, 3.63) is 23.5 Å². The number of carboxylic acids is 1. The Hall–Kier alpha value is -1.78. The van der Waals surface area contributed by atoms with E-state index in [-0.39, 0.29) is 16.9 Å². The second-order valence-corrected chi connectivity index (χ2v) is 3.37. The maximum absolute atomic E-state index is 13.6. The summed E-state index contributed by atoms with van der Waals surface area (Å²) < 4.78 is 13.6. The quantitative estimate of drug-likeness (QED) is 0.770. The highest BCUT2D eigenvalue weighted by Crippen LogP contribution is 2.25. The lowest BCUT2D eigenvalue weighted by Crippen LogP contribution is -2.23. The molecular formula is C11H15FN2O2. The van der Waals surface area contributed by atoms with Crippen molar-refractivity contribution in [2.75, 3.05) is 23.7 Å². The molecule has 0 saturated heterocycles. The van der Waals surface area contributed by atoms with Gasteiger partial charge in [-0.25, -0.2) is 9.18 Å². The van der Waals surface area contributed by atoms with Crippen LogP contribution in [0.5, 0.6) is 0 Å². The van der Waals surface area contributed by atoms with Crippen LogP contribution < -0.4 is 10.6 Å². The minimum Gasteiger partial charge on any atom is -0.478 e. The normalized spacial score (nSPS) is 10.2.